The molecule has 0 amide bonds. The van der Waals surface area contributed by atoms with Crippen molar-refractivity contribution < 1.29 is 42.9 Å². The fraction of sp³-hybridized carbons (Fsp3) is 1.00. The Labute approximate surface area is 108 Å². The predicted octanol–water partition coefficient (Wildman–Crippen LogP) is 2.34. The third-order valence-electron chi connectivity index (χ3n) is 1.52. The fourth-order valence-corrected chi connectivity index (χ4v) is 0.724. The maximum atomic E-state index is 8.20. The van der Waals surface area contributed by atoms with Crippen LogP contribution < -0.4 is 0 Å². The van der Waals surface area contributed by atoms with Crippen LogP contribution in [0.4, 0.5) is 0 Å². The number of unbranched alkanes of at least 4 members (excludes halogenated alkanes) is 4. The smallest absolute Gasteiger partial charge is 0.0431 e. The zero-order chi connectivity index (χ0) is 9.66. The molecule has 3 heteroatoms. The van der Waals surface area contributed by atoms with Gasteiger partial charge in [0, 0.05) is 45.9 Å². The Bertz CT molecular complexity index is 44.9. The molecule has 0 aromatic heterocycles. The van der Waals surface area contributed by atoms with E-state index in [2.05, 4.69) is 13.8 Å². The monoisotopic (exact) mass is 265 g/mol. The third-order valence-corrected chi connectivity index (χ3v) is 1.52. The van der Waals surface area contributed by atoms with Crippen LogP contribution in [0.2, 0.25) is 0 Å². The van der Waals surface area contributed by atoms with Gasteiger partial charge in [-0.25, -0.2) is 0 Å². The van der Waals surface area contributed by atoms with Gasteiger partial charge in [-0.05, 0) is 12.8 Å². The van der Waals surface area contributed by atoms with Gasteiger partial charge in [0.1, 0.15) is 0 Å². The maximum Gasteiger partial charge on any atom is 0.0431 e. The Morgan fingerprint density at radius 3 is 1.08 bits per heavy atom. The minimum absolute atomic E-state index is 0. The van der Waals surface area contributed by atoms with Gasteiger partial charge in [-0.1, -0.05) is 39.5 Å². The second-order valence-electron chi connectivity index (χ2n) is 2.86. The summed E-state index contributed by atoms with van der Waals surface area (Å²) < 4.78 is 0. The van der Waals surface area contributed by atoms with E-state index >= 15 is 0 Å². The van der Waals surface area contributed by atoms with Crippen LogP contribution in [-0.2, 0) is 32.7 Å². The molecule has 1 radical (unpaired) electrons. The minimum atomic E-state index is 0. The molecule has 0 aromatic carbocycles. The molecule has 13 heavy (non-hydrogen) atoms. The Morgan fingerprint density at radius 1 is 0.692 bits per heavy atom. The first kappa shape index (κ1) is 19.6. The molecule has 2 N–H and O–H groups in total. The van der Waals surface area contributed by atoms with Crippen molar-refractivity contribution in [3.63, 3.8) is 0 Å². The minimum Gasteiger partial charge on any atom is -0.396 e. The molecule has 0 atom stereocenters. The maximum absolute atomic E-state index is 8.20. The van der Waals surface area contributed by atoms with Gasteiger partial charge in [0.15, 0.2) is 0 Å². The van der Waals surface area contributed by atoms with Crippen molar-refractivity contribution in [1.82, 2.24) is 0 Å². The number of hydrogen-bond donors (Lipinski definition) is 2. The Kier molecular flexibility index (Phi) is 34.8. The topological polar surface area (TPSA) is 40.5 Å². The molecular formula is C10H24O2Y. The van der Waals surface area contributed by atoms with Crippen LogP contribution in [0.1, 0.15) is 52.4 Å². The summed E-state index contributed by atoms with van der Waals surface area (Å²) in [5, 5.41) is 16.4. The molecule has 0 heterocycles. The molecule has 0 saturated heterocycles. The summed E-state index contributed by atoms with van der Waals surface area (Å²) in [6.07, 6.45) is 6.65. The van der Waals surface area contributed by atoms with Crippen LogP contribution in [0, 0.1) is 0 Å². The van der Waals surface area contributed by atoms with Crippen molar-refractivity contribution >= 4 is 0 Å². The van der Waals surface area contributed by atoms with E-state index in [1.165, 1.54) is 12.8 Å². The van der Waals surface area contributed by atoms with Gasteiger partial charge in [-0.2, -0.15) is 0 Å². The van der Waals surface area contributed by atoms with Crippen molar-refractivity contribution in [3.8, 4) is 0 Å². The van der Waals surface area contributed by atoms with Crippen molar-refractivity contribution in [2.45, 2.75) is 52.4 Å². The van der Waals surface area contributed by atoms with Crippen molar-refractivity contribution in [2.24, 2.45) is 0 Å². The quantitative estimate of drug-likeness (QED) is 0.724. The van der Waals surface area contributed by atoms with Crippen LogP contribution >= 0.6 is 0 Å². The van der Waals surface area contributed by atoms with E-state index in [0.29, 0.717) is 13.2 Å². The molecule has 0 saturated carbocycles. The normalized spacial score (nSPS) is 8.31. The molecule has 0 aromatic rings. The molecule has 2 nitrogen and oxygen atoms in total. The molecule has 0 rings (SSSR count). The van der Waals surface area contributed by atoms with Crippen LogP contribution in [0.25, 0.3) is 0 Å². The molecule has 0 aliphatic rings. The molecular weight excluding hydrogens is 241 g/mol. The number of rotatable bonds is 6. The van der Waals surface area contributed by atoms with Gasteiger partial charge in [0.25, 0.3) is 0 Å². The SMILES string of the molecule is CCCCCO.CCCCCO.[Y]. The summed E-state index contributed by atoms with van der Waals surface area (Å²) in [7, 11) is 0. The summed E-state index contributed by atoms with van der Waals surface area (Å²) in [4.78, 5) is 0. The standard InChI is InChI=1S/2C5H12O.Y/c2*1-2-3-4-5-6;/h2*6H,2-5H2,1H3;. The summed E-state index contributed by atoms with van der Waals surface area (Å²) in [6.45, 7) is 4.95. The van der Waals surface area contributed by atoms with Gasteiger partial charge >= 0.3 is 0 Å². The Morgan fingerprint density at radius 2 is 1.00 bits per heavy atom. The summed E-state index contributed by atoms with van der Waals surface area (Å²) in [5.74, 6) is 0. The third kappa shape index (κ3) is 32.1. The molecule has 0 spiro atoms. The summed E-state index contributed by atoms with van der Waals surface area (Å²) in [5.41, 5.74) is 0. The van der Waals surface area contributed by atoms with Gasteiger partial charge in [-0.3, -0.25) is 0 Å². The van der Waals surface area contributed by atoms with E-state index < -0.39 is 0 Å². The number of hydrogen-bond acceptors (Lipinski definition) is 2. The van der Waals surface area contributed by atoms with E-state index in [-0.39, 0.29) is 32.7 Å². The molecule has 79 valence electrons. The van der Waals surface area contributed by atoms with Crippen molar-refractivity contribution in [2.75, 3.05) is 13.2 Å². The van der Waals surface area contributed by atoms with Crippen LogP contribution in [0.5, 0.6) is 0 Å². The number of aliphatic hydroxyl groups is 2. The largest absolute Gasteiger partial charge is 0.396 e. The first-order chi connectivity index (χ1) is 5.83. The van der Waals surface area contributed by atoms with Gasteiger partial charge in [0.2, 0.25) is 0 Å². The first-order valence-corrected chi connectivity index (χ1v) is 5.05. The van der Waals surface area contributed by atoms with Crippen LogP contribution in [0.15, 0.2) is 0 Å². The fourth-order valence-electron chi connectivity index (χ4n) is 0.724. The predicted molar refractivity (Wildman–Crippen MR) is 53.2 cm³/mol. The number of aliphatic hydroxyl groups excluding tert-OH is 2. The van der Waals surface area contributed by atoms with Crippen molar-refractivity contribution in [3.05, 3.63) is 0 Å². The van der Waals surface area contributed by atoms with E-state index in [1.54, 1.807) is 0 Å². The van der Waals surface area contributed by atoms with Gasteiger partial charge < -0.3 is 10.2 Å². The Balaban J connectivity index is -0.000000143. The van der Waals surface area contributed by atoms with E-state index in [4.69, 9.17) is 10.2 Å². The van der Waals surface area contributed by atoms with Gasteiger partial charge in [-0.15, -0.1) is 0 Å². The van der Waals surface area contributed by atoms with Crippen LogP contribution in [-0.4, -0.2) is 23.4 Å². The van der Waals surface area contributed by atoms with E-state index in [1.807, 2.05) is 0 Å². The molecule has 0 bridgehead atoms. The molecule has 0 aliphatic carbocycles. The van der Waals surface area contributed by atoms with Gasteiger partial charge in [0.05, 0.1) is 0 Å². The zero-order valence-electron chi connectivity index (χ0n) is 9.13. The van der Waals surface area contributed by atoms with Crippen LogP contribution in [0.3, 0.4) is 0 Å². The summed E-state index contributed by atoms with van der Waals surface area (Å²) >= 11 is 0. The van der Waals surface area contributed by atoms with Crippen molar-refractivity contribution in [1.29, 1.82) is 0 Å². The van der Waals surface area contributed by atoms with E-state index in [9.17, 15) is 0 Å². The average molecular weight is 265 g/mol. The first-order valence-electron chi connectivity index (χ1n) is 5.05. The average Bonchev–Trinajstić information content (AvgIpc) is 2.12. The molecule has 0 unspecified atom stereocenters. The second-order valence-corrected chi connectivity index (χ2v) is 2.86. The molecule has 0 aliphatic heterocycles. The zero-order valence-corrected chi connectivity index (χ0v) is 12.0. The van der Waals surface area contributed by atoms with E-state index in [0.717, 1.165) is 25.7 Å². The second kappa shape index (κ2) is 23.1. The summed E-state index contributed by atoms with van der Waals surface area (Å²) in [6, 6.07) is 0. The Hall–Kier alpha value is 1.02. The molecule has 0 fully saturated rings.